The van der Waals surface area contributed by atoms with Crippen LogP contribution in [0.15, 0.2) is 121 Å². The molecule has 0 N–H and O–H groups in total. The van der Waals surface area contributed by atoms with E-state index in [1.807, 2.05) is 0 Å². The minimum atomic E-state index is -1.94. The lowest BCUT2D eigenvalue weighted by Crippen LogP contribution is -2.42. The van der Waals surface area contributed by atoms with Gasteiger partial charge < -0.3 is 9.13 Å². The van der Waals surface area contributed by atoms with E-state index < -0.39 is 8.07 Å². The molecule has 0 aliphatic heterocycles. The highest BCUT2D eigenvalue weighted by molar-refractivity contribution is 6.81. The molecular weight excluding hydrogens is 513 g/mol. The van der Waals surface area contributed by atoms with E-state index in [1.165, 1.54) is 66.6 Å². The summed E-state index contributed by atoms with van der Waals surface area (Å²) in [6.45, 7) is 9.98. The maximum Gasteiger partial charge on any atom is 0.0722 e. The van der Waals surface area contributed by atoms with Crippen LogP contribution in [0.3, 0.4) is 0 Å². The van der Waals surface area contributed by atoms with Crippen molar-refractivity contribution in [3.8, 4) is 11.4 Å². The molecule has 0 amide bonds. The monoisotopic (exact) mass is 546 g/mol. The van der Waals surface area contributed by atoms with E-state index in [2.05, 4.69) is 158 Å². The Kier molecular flexibility index (Phi) is 5.26. The Morgan fingerprint density at radius 3 is 1.41 bits per heavy atom. The lowest BCUT2D eigenvalue weighted by Gasteiger charge is -2.39. The van der Waals surface area contributed by atoms with E-state index >= 15 is 0 Å². The zero-order chi connectivity index (χ0) is 27.9. The Bertz CT molecular complexity index is 1920. The van der Waals surface area contributed by atoms with Crippen LogP contribution in [0.1, 0.15) is 47.2 Å². The summed E-state index contributed by atoms with van der Waals surface area (Å²) < 4.78 is 4.75. The molecule has 0 radical (unpaired) electrons. The Hall–Kier alpha value is -4.34. The summed E-state index contributed by atoms with van der Waals surface area (Å²) in [5, 5.41) is 2.56. The molecule has 4 aromatic carbocycles. The van der Waals surface area contributed by atoms with E-state index in [9.17, 15) is 0 Å². The first kappa shape index (κ1) is 24.5. The SMILES string of the molecule is CC1=Cc2c(cccc2-n2ccc3ccccc32)C1[Si](C)(C)C1C(C)=Cc2c1cccc2-n1ccc2ccccc21. The molecule has 2 heterocycles. The van der Waals surface area contributed by atoms with Crippen LogP contribution < -0.4 is 0 Å². The molecule has 2 aliphatic carbocycles. The van der Waals surface area contributed by atoms with Gasteiger partial charge in [0.25, 0.3) is 0 Å². The molecule has 41 heavy (non-hydrogen) atoms. The molecule has 2 aliphatic rings. The first-order valence-corrected chi connectivity index (χ1v) is 17.8. The Labute approximate surface area is 242 Å². The van der Waals surface area contributed by atoms with Crippen molar-refractivity contribution in [2.24, 2.45) is 0 Å². The van der Waals surface area contributed by atoms with Gasteiger partial charge in [-0.05, 0) is 72.1 Å². The maximum atomic E-state index is 2.62. The molecule has 3 heteroatoms. The summed E-state index contributed by atoms with van der Waals surface area (Å²) >= 11 is 0. The molecule has 2 aromatic heterocycles. The number of para-hydroxylation sites is 2. The zero-order valence-corrected chi connectivity index (χ0v) is 25.1. The Morgan fingerprint density at radius 2 is 0.951 bits per heavy atom. The number of fused-ring (bicyclic) bond motifs is 4. The van der Waals surface area contributed by atoms with Crippen molar-refractivity contribution in [2.75, 3.05) is 0 Å². The summed E-state index contributed by atoms with van der Waals surface area (Å²) in [4.78, 5) is 0. The molecule has 0 saturated heterocycles. The number of allylic oxidation sites excluding steroid dienone is 2. The summed E-state index contributed by atoms with van der Waals surface area (Å²) in [6.07, 6.45) is 9.42. The van der Waals surface area contributed by atoms with Crippen molar-refractivity contribution in [2.45, 2.75) is 38.0 Å². The normalized spacial score (nSPS) is 18.0. The highest BCUT2D eigenvalue weighted by Gasteiger charge is 2.47. The number of aromatic nitrogens is 2. The molecule has 0 bridgehead atoms. The average Bonchev–Trinajstić information content (AvgIpc) is 3.74. The quantitative estimate of drug-likeness (QED) is 0.195. The van der Waals surface area contributed by atoms with Crippen LogP contribution >= 0.6 is 0 Å². The van der Waals surface area contributed by atoms with Crippen LogP contribution in [0, 0.1) is 0 Å². The van der Waals surface area contributed by atoms with Crippen LogP contribution in [-0.2, 0) is 0 Å². The number of rotatable bonds is 4. The lowest BCUT2D eigenvalue weighted by molar-refractivity contribution is 0.964. The predicted molar refractivity (Wildman–Crippen MR) is 177 cm³/mol. The molecule has 2 atom stereocenters. The van der Waals surface area contributed by atoms with Gasteiger partial charge in [-0.15, -0.1) is 0 Å². The third-order valence-corrected chi connectivity index (χ3v) is 14.2. The summed E-state index contributed by atoms with van der Waals surface area (Å²) in [5.74, 6) is 0. The highest BCUT2D eigenvalue weighted by atomic mass is 28.3. The first-order chi connectivity index (χ1) is 19.9. The van der Waals surface area contributed by atoms with Crippen molar-refractivity contribution in [1.29, 1.82) is 0 Å². The number of nitrogens with zero attached hydrogens (tertiary/aromatic N) is 2. The summed E-state index contributed by atoms with van der Waals surface area (Å²) in [5.41, 5.74) is 14.8. The third-order valence-electron chi connectivity index (χ3n) is 9.72. The second kappa shape index (κ2) is 8.83. The summed E-state index contributed by atoms with van der Waals surface area (Å²) in [6, 6.07) is 35.7. The molecular formula is C38H34N2Si. The van der Waals surface area contributed by atoms with Crippen molar-refractivity contribution < 1.29 is 0 Å². The topological polar surface area (TPSA) is 9.86 Å². The Morgan fingerprint density at radius 1 is 0.512 bits per heavy atom. The minimum Gasteiger partial charge on any atom is -0.316 e. The van der Waals surface area contributed by atoms with Crippen LogP contribution in [0.5, 0.6) is 0 Å². The van der Waals surface area contributed by atoms with Crippen molar-refractivity contribution >= 4 is 42.0 Å². The van der Waals surface area contributed by atoms with Crippen LogP contribution in [0.4, 0.5) is 0 Å². The minimum absolute atomic E-state index is 0.467. The molecule has 0 spiro atoms. The standard InChI is InChI=1S/C38H34N2Si/c1-25-23-31-29(13-9-17-35(31)39-21-19-27-11-5-7-15-33(27)39)37(25)41(3,4)38-26(2)24-32-30(38)14-10-18-36(32)40-22-20-28-12-6-8-16-34(28)40/h5-24,37-38H,1-4H3. The zero-order valence-electron chi connectivity index (χ0n) is 24.1. The Balaban J connectivity index is 1.24. The van der Waals surface area contributed by atoms with E-state index in [4.69, 9.17) is 0 Å². The van der Waals surface area contributed by atoms with Gasteiger partial charge in [-0.2, -0.15) is 0 Å². The van der Waals surface area contributed by atoms with Gasteiger partial charge >= 0.3 is 0 Å². The van der Waals surface area contributed by atoms with E-state index in [1.54, 1.807) is 0 Å². The third kappa shape index (κ3) is 3.49. The van der Waals surface area contributed by atoms with Gasteiger partial charge in [0.05, 0.1) is 30.5 Å². The fraction of sp³-hybridized carbons (Fsp3) is 0.158. The van der Waals surface area contributed by atoms with Gasteiger partial charge in [0.2, 0.25) is 0 Å². The summed E-state index contributed by atoms with van der Waals surface area (Å²) in [7, 11) is -1.94. The van der Waals surface area contributed by atoms with E-state index in [0.29, 0.717) is 11.1 Å². The maximum absolute atomic E-state index is 2.62. The van der Waals surface area contributed by atoms with E-state index in [0.717, 1.165) is 0 Å². The second-order valence-corrected chi connectivity index (χ2v) is 17.3. The van der Waals surface area contributed by atoms with Crippen molar-refractivity contribution in [3.63, 3.8) is 0 Å². The molecule has 6 aromatic rings. The van der Waals surface area contributed by atoms with Gasteiger partial charge in [0.1, 0.15) is 0 Å². The van der Waals surface area contributed by atoms with Crippen LogP contribution in [0.25, 0.3) is 45.3 Å². The second-order valence-electron chi connectivity index (χ2n) is 12.5. The average molecular weight is 547 g/mol. The largest absolute Gasteiger partial charge is 0.316 e. The van der Waals surface area contributed by atoms with E-state index in [-0.39, 0.29) is 0 Å². The molecule has 0 saturated carbocycles. The number of hydrogen-bond acceptors (Lipinski definition) is 0. The van der Waals surface area contributed by atoms with Gasteiger partial charge in [-0.3, -0.25) is 0 Å². The van der Waals surface area contributed by atoms with Crippen LogP contribution in [-0.4, -0.2) is 17.2 Å². The number of hydrogen-bond donors (Lipinski definition) is 0. The lowest BCUT2D eigenvalue weighted by atomic mass is 10.1. The van der Waals surface area contributed by atoms with Crippen LogP contribution in [0.2, 0.25) is 13.1 Å². The molecule has 2 nitrogen and oxygen atoms in total. The number of benzene rings is 4. The smallest absolute Gasteiger partial charge is 0.0722 e. The van der Waals surface area contributed by atoms with Gasteiger partial charge in [0, 0.05) is 34.6 Å². The molecule has 2 unspecified atom stereocenters. The first-order valence-electron chi connectivity index (χ1n) is 14.7. The fourth-order valence-electron chi connectivity index (χ4n) is 8.22. The van der Waals surface area contributed by atoms with Crippen molar-refractivity contribution in [1.82, 2.24) is 9.13 Å². The molecule has 0 fully saturated rings. The van der Waals surface area contributed by atoms with Crippen molar-refractivity contribution in [3.05, 3.63) is 143 Å². The van der Waals surface area contributed by atoms with Gasteiger partial charge in [0.15, 0.2) is 0 Å². The van der Waals surface area contributed by atoms with Gasteiger partial charge in [-0.1, -0.05) is 97.1 Å². The fourth-order valence-corrected chi connectivity index (χ4v) is 13.2. The highest BCUT2D eigenvalue weighted by Crippen LogP contribution is 2.53. The van der Waals surface area contributed by atoms with Gasteiger partial charge in [-0.25, -0.2) is 0 Å². The molecule has 200 valence electrons. The molecule has 8 rings (SSSR count). The predicted octanol–water partition coefficient (Wildman–Crippen LogP) is 10.1.